The van der Waals surface area contributed by atoms with Gasteiger partial charge in [0.1, 0.15) is 5.58 Å². The van der Waals surface area contributed by atoms with Crippen LogP contribution < -0.4 is 0 Å². The Kier molecular flexibility index (Phi) is 5.93. The molecule has 1 amide bonds. The van der Waals surface area contributed by atoms with Crippen molar-refractivity contribution in [1.82, 2.24) is 4.90 Å². The number of fused-ring (bicyclic) bond motifs is 1. The van der Waals surface area contributed by atoms with Crippen LogP contribution in [0.4, 0.5) is 0 Å². The Morgan fingerprint density at radius 1 is 1.09 bits per heavy atom. The molecule has 0 aliphatic carbocycles. The fourth-order valence-corrected chi connectivity index (χ4v) is 6.13. The molecule has 6 heteroatoms. The lowest BCUT2D eigenvalue weighted by Gasteiger charge is -2.28. The fraction of sp³-hybridized carbons (Fsp3) is 0.423. The summed E-state index contributed by atoms with van der Waals surface area (Å²) in [6, 6.07) is 11.9. The van der Waals surface area contributed by atoms with E-state index in [1.165, 1.54) is 5.56 Å². The zero-order valence-corrected chi connectivity index (χ0v) is 20.3. The average molecular weight is 454 g/mol. The van der Waals surface area contributed by atoms with Gasteiger partial charge >= 0.3 is 0 Å². The molecule has 0 saturated carbocycles. The predicted molar refractivity (Wildman–Crippen MR) is 128 cm³/mol. The normalized spacial score (nSPS) is 17.9. The molecule has 0 N–H and O–H groups in total. The second kappa shape index (κ2) is 8.39. The minimum absolute atomic E-state index is 0.000308. The van der Waals surface area contributed by atoms with Crippen molar-refractivity contribution in [2.24, 2.45) is 0 Å². The van der Waals surface area contributed by atoms with E-state index in [-0.39, 0.29) is 23.5 Å². The third-order valence-corrected chi connectivity index (χ3v) is 8.41. The van der Waals surface area contributed by atoms with Gasteiger partial charge in [0, 0.05) is 23.5 Å². The largest absolute Gasteiger partial charge is 0.451 e. The van der Waals surface area contributed by atoms with E-state index < -0.39 is 9.84 Å². The molecule has 0 bridgehead atoms. The molecule has 0 spiro atoms. The molecule has 3 aromatic rings. The number of aryl methyl sites for hydroxylation is 3. The Hall–Kier alpha value is -2.60. The summed E-state index contributed by atoms with van der Waals surface area (Å²) in [6.07, 6.45) is 0.454. The topological polar surface area (TPSA) is 67.6 Å². The fourth-order valence-electron chi connectivity index (χ4n) is 4.40. The Morgan fingerprint density at radius 3 is 2.34 bits per heavy atom. The van der Waals surface area contributed by atoms with Crippen molar-refractivity contribution in [2.45, 2.75) is 59.5 Å². The molecule has 0 radical (unpaired) electrons. The summed E-state index contributed by atoms with van der Waals surface area (Å²) in [4.78, 5) is 15.4. The van der Waals surface area contributed by atoms with Crippen LogP contribution in [0.25, 0.3) is 11.0 Å². The predicted octanol–water partition coefficient (Wildman–Crippen LogP) is 5.31. The van der Waals surface area contributed by atoms with Gasteiger partial charge in [0.25, 0.3) is 5.91 Å². The van der Waals surface area contributed by atoms with Gasteiger partial charge in [-0.1, -0.05) is 38.1 Å². The van der Waals surface area contributed by atoms with Gasteiger partial charge in [-0.2, -0.15) is 0 Å². The van der Waals surface area contributed by atoms with Crippen molar-refractivity contribution in [3.63, 3.8) is 0 Å². The van der Waals surface area contributed by atoms with Crippen LogP contribution in [-0.4, -0.2) is 36.8 Å². The van der Waals surface area contributed by atoms with E-state index in [0.29, 0.717) is 30.2 Å². The number of carbonyl (C=O) groups is 1. The maximum atomic E-state index is 13.7. The van der Waals surface area contributed by atoms with Gasteiger partial charge < -0.3 is 9.32 Å². The SMILES string of the molecule is Cc1cc2oc(C(=O)N(Cc3ccc(C(C)C)cc3)C3CCS(=O)(=O)C3)c(C)c2cc1C. The average Bonchev–Trinajstić information content (AvgIpc) is 3.25. The molecule has 1 unspecified atom stereocenters. The number of hydrogen-bond acceptors (Lipinski definition) is 4. The van der Waals surface area contributed by atoms with Crippen LogP contribution in [0.15, 0.2) is 40.8 Å². The first-order valence-electron chi connectivity index (χ1n) is 11.2. The van der Waals surface area contributed by atoms with Gasteiger partial charge in [-0.15, -0.1) is 0 Å². The molecular formula is C26H31NO4S. The minimum Gasteiger partial charge on any atom is -0.451 e. The van der Waals surface area contributed by atoms with E-state index in [4.69, 9.17) is 4.42 Å². The van der Waals surface area contributed by atoms with Crippen LogP contribution in [0.1, 0.15) is 64.6 Å². The molecule has 1 saturated heterocycles. The van der Waals surface area contributed by atoms with E-state index in [1.54, 1.807) is 4.90 Å². The molecular weight excluding hydrogens is 422 g/mol. The van der Waals surface area contributed by atoms with Crippen molar-refractivity contribution in [3.8, 4) is 0 Å². The molecule has 1 fully saturated rings. The second-order valence-corrected chi connectivity index (χ2v) is 11.6. The summed E-state index contributed by atoms with van der Waals surface area (Å²) in [6.45, 7) is 10.6. The first-order valence-corrected chi connectivity index (χ1v) is 13.0. The van der Waals surface area contributed by atoms with Crippen LogP contribution in [0.5, 0.6) is 0 Å². The van der Waals surface area contributed by atoms with Gasteiger partial charge in [-0.05, 0) is 67.5 Å². The summed E-state index contributed by atoms with van der Waals surface area (Å²) in [5.74, 6) is 0.593. The maximum absolute atomic E-state index is 13.7. The number of rotatable bonds is 5. The van der Waals surface area contributed by atoms with E-state index in [9.17, 15) is 13.2 Å². The van der Waals surface area contributed by atoms with Crippen molar-refractivity contribution in [2.75, 3.05) is 11.5 Å². The molecule has 5 nitrogen and oxygen atoms in total. The van der Waals surface area contributed by atoms with E-state index in [2.05, 4.69) is 32.0 Å². The lowest BCUT2D eigenvalue weighted by molar-refractivity contribution is 0.0649. The third-order valence-electron chi connectivity index (χ3n) is 6.66. The summed E-state index contributed by atoms with van der Waals surface area (Å²) >= 11 is 0. The molecule has 1 aliphatic rings. The highest BCUT2D eigenvalue weighted by atomic mass is 32.2. The highest BCUT2D eigenvalue weighted by Crippen LogP contribution is 2.31. The molecule has 1 aliphatic heterocycles. The monoisotopic (exact) mass is 453 g/mol. The number of sulfone groups is 1. The summed E-state index contributed by atoms with van der Waals surface area (Å²) in [5, 5.41) is 0.928. The van der Waals surface area contributed by atoms with Crippen molar-refractivity contribution in [3.05, 3.63) is 70.0 Å². The van der Waals surface area contributed by atoms with E-state index >= 15 is 0 Å². The number of carbonyl (C=O) groups excluding carboxylic acids is 1. The molecule has 32 heavy (non-hydrogen) atoms. The quantitative estimate of drug-likeness (QED) is 0.525. The molecule has 1 atom stereocenters. The summed E-state index contributed by atoms with van der Waals surface area (Å²) < 4.78 is 30.4. The zero-order chi connectivity index (χ0) is 23.2. The van der Waals surface area contributed by atoms with E-state index in [0.717, 1.165) is 27.6 Å². The van der Waals surface area contributed by atoms with Crippen LogP contribution in [0.2, 0.25) is 0 Å². The molecule has 1 aromatic heterocycles. The first-order chi connectivity index (χ1) is 15.1. The maximum Gasteiger partial charge on any atom is 0.290 e. The molecule has 4 rings (SSSR count). The number of nitrogens with zero attached hydrogens (tertiary/aromatic N) is 1. The number of benzene rings is 2. The van der Waals surface area contributed by atoms with Crippen molar-refractivity contribution >= 4 is 26.7 Å². The van der Waals surface area contributed by atoms with Gasteiger partial charge in [-0.25, -0.2) is 8.42 Å². The highest BCUT2D eigenvalue weighted by Gasteiger charge is 2.36. The summed E-state index contributed by atoms with van der Waals surface area (Å²) in [5.41, 5.74) is 5.95. The smallest absolute Gasteiger partial charge is 0.290 e. The second-order valence-electron chi connectivity index (χ2n) is 9.38. The van der Waals surface area contributed by atoms with Crippen LogP contribution >= 0.6 is 0 Å². The van der Waals surface area contributed by atoms with Crippen LogP contribution in [-0.2, 0) is 16.4 Å². The first kappa shape index (κ1) is 22.6. The van der Waals surface area contributed by atoms with Gasteiger partial charge in [0.2, 0.25) is 0 Å². The minimum atomic E-state index is -3.14. The molecule has 2 aromatic carbocycles. The zero-order valence-electron chi connectivity index (χ0n) is 19.4. The molecule has 170 valence electrons. The Bertz CT molecular complexity index is 1270. The number of furan rings is 1. The number of hydrogen-bond donors (Lipinski definition) is 0. The van der Waals surface area contributed by atoms with Gasteiger partial charge in [-0.3, -0.25) is 4.79 Å². The van der Waals surface area contributed by atoms with Crippen LogP contribution in [0, 0.1) is 20.8 Å². The Morgan fingerprint density at radius 2 is 1.75 bits per heavy atom. The van der Waals surface area contributed by atoms with Gasteiger partial charge in [0.15, 0.2) is 15.6 Å². The Balaban J connectivity index is 1.72. The number of amides is 1. The lowest BCUT2D eigenvalue weighted by Crippen LogP contribution is -2.40. The molecule has 2 heterocycles. The highest BCUT2D eigenvalue weighted by molar-refractivity contribution is 7.91. The van der Waals surface area contributed by atoms with Crippen LogP contribution in [0.3, 0.4) is 0 Å². The summed E-state index contributed by atoms with van der Waals surface area (Å²) in [7, 11) is -3.14. The Labute approximate surface area is 190 Å². The van der Waals surface area contributed by atoms with Gasteiger partial charge in [0.05, 0.1) is 11.5 Å². The third kappa shape index (κ3) is 4.33. The standard InChI is InChI=1S/C26H31NO4S/c1-16(2)21-8-6-20(7-9-21)14-27(22-10-11-32(29,30)15-22)26(28)25-19(5)23-12-17(3)18(4)13-24(23)31-25/h6-9,12-13,16,22H,10-11,14-15H2,1-5H3. The van der Waals surface area contributed by atoms with Crippen molar-refractivity contribution in [1.29, 1.82) is 0 Å². The van der Waals surface area contributed by atoms with E-state index in [1.807, 2.05) is 39.0 Å². The van der Waals surface area contributed by atoms with Crippen molar-refractivity contribution < 1.29 is 17.6 Å². The lowest BCUT2D eigenvalue weighted by atomic mass is 10.0.